The number of fused-ring (bicyclic) bond motifs is 1. The lowest BCUT2D eigenvalue weighted by Crippen LogP contribution is -2.07. The Hall–Kier alpha value is -2.78. The minimum atomic E-state index is -4.51. The molecule has 2 aromatic heterocycles. The molecule has 0 unspecified atom stereocenters. The number of halogens is 3. The number of hydrogen-bond donors (Lipinski definition) is 0. The molecular formula is C21H15F3N2O2S2. The molecule has 9 heteroatoms. The molecular weight excluding hydrogens is 433 g/mol. The summed E-state index contributed by atoms with van der Waals surface area (Å²) in [6.45, 7) is 1.77. The van der Waals surface area contributed by atoms with Crippen LogP contribution in [0.4, 0.5) is 13.2 Å². The van der Waals surface area contributed by atoms with Crippen LogP contribution in [-0.4, -0.2) is 24.6 Å². The van der Waals surface area contributed by atoms with Crippen LogP contribution < -0.4 is 0 Å². The fraction of sp³-hybridized carbons (Fsp3) is 0.143. The number of benzene rings is 2. The number of hydrogen-bond acceptors (Lipinski definition) is 5. The number of thiazole rings is 1. The molecule has 154 valence electrons. The van der Waals surface area contributed by atoms with Gasteiger partial charge in [-0.2, -0.15) is 13.2 Å². The average Bonchev–Trinajstić information content (AvgIpc) is 3.15. The van der Waals surface area contributed by atoms with Crippen LogP contribution in [0.3, 0.4) is 0 Å². The highest BCUT2D eigenvalue weighted by Crippen LogP contribution is 2.40. The van der Waals surface area contributed by atoms with Crippen LogP contribution in [0.1, 0.15) is 11.1 Å². The maximum atomic E-state index is 13.4. The number of alkyl halides is 3. The molecule has 30 heavy (non-hydrogen) atoms. The summed E-state index contributed by atoms with van der Waals surface area (Å²) >= 11 is 1.29. The molecule has 2 heterocycles. The van der Waals surface area contributed by atoms with Crippen molar-refractivity contribution in [2.45, 2.75) is 18.0 Å². The predicted octanol–water partition coefficient (Wildman–Crippen LogP) is 5.76. The van der Waals surface area contributed by atoms with Crippen LogP contribution in [0, 0.1) is 6.92 Å². The van der Waals surface area contributed by atoms with E-state index in [0.29, 0.717) is 32.0 Å². The average molecular weight is 448 g/mol. The van der Waals surface area contributed by atoms with E-state index in [1.807, 2.05) is 0 Å². The van der Waals surface area contributed by atoms with E-state index in [2.05, 4.69) is 9.97 Å². The molecule has 0 radical (unpaired) electrons. The van der Waals surface area contributed by atoms with Gasteiger partial charge in [-0.1, -0.05) is 24.3 Å². The number of para-hydroxylation sites is 1. The number of aryl methyl sites for hydroxylation is 1. The van der Waals surface area contributed by atoms with Gasteiger partial charge in [-0.3, -0.25) is 4.98 Å². The number of aromatic nitrogens is 2. The molecule has 4 nitrogen and oxygen atoms in total. The summed E-state index contributed by atoms with van der Waals surface area (Å²) in [6, 6.07) is 10.5. The van der Waals surface area contributed by atoms with Crippen molar-refractivity contribution in [1.82, 2.24) is 9.97 Å². The van der Waals surface area contributed by atoms with E-state index in [1.54, 1.807) is 37.4 Å². The van der Waals surface area contributed by atoms with Gasteiger partial charge in [-0.05, 0) is 36.2 Å². The third-order valence-corrected chi connectivity index (χ3v) is 6.83. The Labute approximate surface area is 175 Å². The lowest BCUT2D eigenvalue weighted by molar-refractivity contribution is -0.136. The Morgan fingerprint density at radius 2 is 1.73 bits per heavy atom. The second-order valence-electron chi connectivity index (χ2n) is 6.85. The zero-order chi connectivity index (χ0) is 21.7. The lowest BCUT2D eigenvalue weighted by atomic mass is 10.0. The van der Waals surface area contributed by atoms with Crippen molar-refractivity contribution in [3.63, 3.8) is 0 Å². The second kappa shape index (κ2) is 7.17. The second-order valence-corrected chi connectivity index (χ2v) is 9.89. The molecule has 4 rings (SSSR count). The first-order chi connectivity index (χ1) is 14.1. The summed E-state index contributed by atoms with van der Waals surface area (Å²) in [6.07, 6.45) is -0.368. The van der Waals surface area contributed by atoms with Crippen molar-refractivity contribution in [3.8, 4) is 21.0 Å². The molecule has 0 spiro atoms. The van der Waals surface area contributed by atoms with Crippen molar-refractivity contribution in [1.29, 1.82) is 0 Å². The van der Waals surface area contributed by atoms with Crippen LogP contribution in [0.5, 0.6) is 0 Å². The normalized spacial score (nSPS) is 12.4. The minimum absolute atomic E-state index is 0.124. The van der Waals surface area contributed by atoms with Gasteiger partial charge < -0.3 is 0 Å². The maximum Gasteiger partial charge on any atom is 0.418 e. The molecule has 0 saturated heterocycles. The molecule has 0 amide bonds. The lowest BCUT2D eigenvalue weighted by Gasteiger charge is -2.12. The zero-order valence-electron chi connectivity index (χ0n) is 15.9. The van der Waals surface area contributed by atoms with E-state index >= 15 is 0 Å². The molecule has 2 aromatic carbocycles. The van der Waals surface area contributed by atoms with Gasteiger partial charge >= 0.3 is 6.18 Å². The molecule has 0 N–H and O–H groups in total. The van der Waals surface area contributed by atoms with Crippen molar-refractivity contribution < 1.29 is 21.6 Å². The first-order valence-electron chi connectivity index (χ1n) is 8.78. The van der Waals surface area contributed by atoms with E-state index in [9.17, 15) is 21.6 Å². The molecule has 0 aliphatic carbocycles. The Morgan fingerprint density at radius 3 is 2.43 bits per heavy atom. The van der Waals surface area contributed by atoms with Gasteiger partial charge in [0.05, 0.1) is 20.9 Å². The molecule has 0 fully saturated rings. The largest absolute Gasteiger partial charge is 0.418 e. The Balaban J connectivity index is 1.88. The van der Waals surface area contributed by atoms with E-state index in [0.717, 1.165) is 12.3 Å². The summed E-state index contributed by atoms with van der Waals surface area (Å²) in [5, 5.41) is 0.912. The maximum absolute atomic E-state index is 13.4. The smallest absolute Gasteiger partial charge is 0.255 e. The van der Waals surface area contributed by atoms with Crippen molar-refractivity contribution in [2.24, 2.45) is 0 Å². The van der Waals surface area contributed by atoms with Crippen molar-refractivity contribution >= 4 is 32.1 Å². The number of pyridine rings is 1. The molecule has 0 saturated carbocycles. The number of sulfone groups is 1. The monoisotopic (exact) mass is 448 g/mol. The molecule has 4 aromatic rings. The van der Waals surface area contributed by atoms with Gasteiger partial charge in [0.25, 0.3) is 0 Å². The van der Waals surface area contributed by atoms with Crippen LogP contribution in [-0.2, 0) is 16.0 Å². The highest BCUT2D eigenvalue weighted by atomic mass is 32.2. The van der Waals surface area contributed by atoms with Gasteiger partial charge in [-0.15, -0.1) is 11.3 Å². The highest BCUT2D eigenvalue weighted by Gasteiger charge is 2.33. The summed E-state index contributed by atoms with van der Waals surface area (Å²) in [4.78, 5) is 9.35. The number of rotatable bonds is 3. The van der Waals surface area contributed by atoms with Crippen LogP contribution in [0.2, 0.25) is 0 Å². The quantitative estimate of drug-likeness (QED) is 0.400. The Bertz CT molecular complexity index is 1380. The van der Waals surface area contributed by atoms with Crippen molar-refractivity contribution in [3.05, 3.63) is 66.0 Å². The van der Waals surface area contributed by atoms with Gasteiger partial charge in [0.1, 0.15) is 5.01 Å². The van der Waals surface area contributed by atoms with Gasteiger partial charge in [0.2, 0.25) is 0 Å². The van der Waals surface area contributed by atoms with Crippen LogP contribution in [0.25, 0.3) is 31.9 Å². The van der Waals surface area contributed by atoms with E-state index in [4.69, 9.17) is 0 Å². The summed E-state index contributed by atoms with van der Waals surface area (Å²) < 4.78 is 63.9. The van der Waals surface area contributed by atoms with E-state index < -0.39 is 21.6 Å². The fourth-order valence-electron chi connectivity index (χ4n) is 3.24. The number of nitrogens with zero attached hydrogens (tertiary/aromatic N) is 2. The molecule has 0 aliphatic rings. The van der Waals surface area contributed by atoms with Crippen molar-refractivity contribution in [2.75, 3.05) is 6.26 Å². The first kappa shape index (κ1) is 20.5. The molecule has 0 aliphatic heterocycles. The van der Waals surface area contributed by atoms with E-state index in [1.165, 1.54) is 29.7 Å². The minimum Gasteiger partial charge on any atom is -0.255 e. The van der Waals surface area contributed by atoms with Crippen LogP contribution in [0.15, 0.2) is 59.8 Å². The SMILES string of the molecule is Cc1cnc2c(C(F)(F)F)cccc2c1-c1ncc(-c2cccc(S(C)(=O)=O)c2)s1. The topological polar surface area (TPSA) is 59.9 Å². The predicted molar refractivity (Wildman–Crippen MR) is 111 cm³/mol. The third-order valence-electron chi connectivity index (χ3n) is 4.66. The highest BCUT2D eigenvalue weighted by molar-refractivity contribution is 7.90. The standard InChI is InChI=1S/C21H15F3N2O2S2/c1-12-10-25-19-15(7-4-8-16(19)21(22,23)24)18(12)20-26-11-17(29-20)13-5-3-6-14(9-13)30(2,27)28/h3-11H,1-2H3. The Morgan fingerprint density at radius 1 is 1.00 bits per heavy atom. The zero-order valence-corrected chi connectivity index (χ0v) is 17.5. The van der Waals surface area contributed by atoms with Gasteiger partial charge in [-0.25, -0.2) is 13.4 Å². The summed E-state index contributed by atoms with van der Waals surface area (Å²) in [5.41, 5.74) is 1.04. The van der Waals surface area contributed by atoms with Gasteiger partial charge in [0.15, 0.2) is 9.84 Å². The summed E-state index contributed by atoms with van der Waals surface area (Å²) in [7, 11) is -3.36. The fourth-order valence-corrected chi connectivity index (χ4v) is 4.94. The van der Waals surface area contributed by atoms with Crippen LogP contribution >= 0.6 is 11.3 Å². The molecule has 0 atom stereocenters. The van der Waals surface area contributed by atoms with Gasteiger partial charge in [0, 0.05) is 29.6 Å². The summed E-state index contributed by atoms with van der Waals surface area (Å²) in [5.74, 6) is 0. The van der Waals surface area contributed by atoms with E-state index in [-0.39, 0.29) is 10.4 Å². The Kier molecular flexibility index (Phi) is 4.90. The first-order valence-corrected chi connectivity index (χ1v) is 11.5. The molecule has 0 bridgehead atoms. The third kappa shape index (κ3) is 3.70.